The average Bonchev–Trinajstić information content (AvgIpc) is 2.74. The van der Waals surface area contributed by atoms with Crippen LogP contribution in [-0.2, 0) is 14.8 Å². The van der Waals surface area contributed by atoms with E-state index in [0.29, 0.717) is 31.3 Å². The predicted octanol–water partition coefficient (Wildman–Crippen LogP) is 3.68. The van der Waals surface area contributed by atoms with E-state index in [4.69, 9.17) is 9.47 Å². The summed E-state index contributed by atoms with van der Waals surface area (Å²) < 4.78 is 39.7. The van der Waals surface area contributed by atoms with Gasteiger partial charge in [0.15, 0.2) is 0 Å². The lowest BCUT2D eigenvalue weighted by Crippen LogP contribution is -2.48. The van der Waals surface area contributed by atoms with E-state index in [1.807, 2.05) is 36.9 Å². The molecule has 3 aromatic rings. The van der Waals surface area contributed by atoms with Crippen LogP contribution in [0, 0.1) is 0 Å². The Morgan fingerprint density at radius 2 is 1.71 bits per heavy atom. The Kier molecular flexibility index (Phi) is 5.79. The lowest BCUT2D eigenvalue weighted by atomic mass is 10.1. The van der Waals surface area contributed by atoms with Crippen molar-refractivity contribution in [3.63, 3.8) is 0 Å². The second-order valence-electron chi connectivity index (χ2n) is 7.75. The summed E-state index contributed by atoms with van der Waals surface area (Å²) in [5.74, 6) is 1.33. The van der Waals surface area contributed by atoms with Crippen LogP contribution in [0.3, 0.4) is 0 Å². The summed E-state index contributed by atoms with van der Waals surface area (Å²) in [5, 5.41) is 0. The smallest absolute Gasteiger partial charge is 0.264 e. The molecule has 1 N–H and O–H groups in total. The van der Waals surface area contributed by atoms with Crippen LogP contribution in [0.2, 0.25) is 0 Å². The van der Waals surface area contributed by atoms with Crippen molar-refractivity contribution in [3.8, 4) is 11.6 Å². The number of nitrogens with one attached hydrogen (secondary N) is 1. The normalized spacial score (nSPS) is 16.0. The first-order chi connectivity index (χ1) is 14.8. The molecule has 2 heterocycles. The molecular formula is C22H24N4O4S. The maximum Gasteiger partial charge on any atom is 0.264 e. The molecule has 0 atom stereocenters. The number of hydrogen-bond donors (Lipinski definition) is 1. The van der Waals surface area contributed by atoms with Crippen LogP contribution in [-0.4, -0.2) is 43.7 Å². The Balaban J connectivity index is 1.69. The standard InChI is InChI=1S/C22H24N4O4S/c1-22(2)16-26(13-14-29-22)19-15-20(30-17-9-5-3-6-10-17)24-21(23-19)25-31(27,28)18-11-7-4-8-12-18/h3-12,15H,13-14,16H2,1-2H3,(H,23,24,25). The molecule has 0 unspecified atom stereocenters. The number of para-hydroxylation sites is 1. The maximum absolute atomic E-state index is 12.8. The summed E-state index contributed by atoms with van der Waals surface area (Å²) in [4.78, 5) is 10.9. The zero-order chi connectivity index (χ0) is 21.9. The molecule has 0 saturated carbocycles. The van der Waals surface area contributed by atoms with Crippen molar-refractivity contribution in [2.24, 2.45) is 0 Å². The lowest BCUT2D eigenvalue weighted by Gasteiger charge is -2.38. The maximum atomic E-state index is 12.8. The number of benzene rings is 2. The van der Waals surface area contributed by atoms with Gasteiger partial charge in [-0.2, -0.15) is 9.97 Å². The fourth-order valence-electron chi connectivity index (χ4n) is 3.27. The molecule has 31 heavy (non-hydrogen) atoms. The summed E-state index contributed by atoms with van der Waals surface area (Å²) in [5.41, 5.74) is -0.354. The highest BCUT2D eigenvalue weighted by Gasteiger charge is 2.29. The first-order valence-corrected chi connectivity index (χ1v) is 11.4. The van der Waals surface area contributed by atoms with Crippen molar-refractivity contribution < 1.29 is 17.9 Å². The first-order valence-electron chi connectivity index (χ1n) is 9.90. The number of sulfonamides is 1. The van der Waals surface area contributed by atoms with Crippen LogP contribution in [0.25, 0.3) is 0 Å². The average molecular weight is 441 g/mol. The molecule has 1 saturated heterocycles. The summed E-state index contributed by atoms with van der Waals surface area (Å²) in [6, 6.07) is 19.0. The van der Waals surface area contributed by atoms with Crippen LogP contribution >= 0.6 is 0 Å². The summed E-state index contributed by atoms with van der Waals surface area (Å²) in [7, 11) is -3.85. The largest absolute Gasteiger partial charge is 0.439 e. The number of rotatable bonds is 6. The van der Waals surface area contributed by atoms with Crippen molar-refractivity contribution in [1.82, 2.24) is 9.97 Å². The minimum absolute atomic E-state index is 0.0587. The molecule has 1 aliphatic rings. The minimum Gasteiger partial charge on any atom is -0.439 e. The van der Waals surface area contributed by atoms with Crippen molar-refractivity contribution in [3.05, 3.63) is 66.7 Å². The third kappa shape index (κ3) is 5.31. The molecule has 0 radical (unpaired) electrons. The minimum atomic E-state index is -3.85. The van der Waals surface area contributed by atoms with Crippen molar-refractivity contribution in [1.29, 1.82) is 0 Å². The molecular weight excluding hydrogens is 416 g/mol. The van der Waals surface area contributed by atoms with Crippen LogP contribution in [0.1, 0.15) is 13.8 Å². The molecule has 0 spiro atoms. The monoisotopic (exact) mass is 440 g/mol. The van der Waals surface area contributed by atoms with Gasteiger partial charge in [0.05, 0.1) is 17.1 Å². The zero-order valence-electron chi connectivity index (χ0n) is 17.4. The number of hydrogen-bond acceptors (Lipinski definition) is 7. The Bertz CT molecular complexity index is 1140. The molecule has 0 bridgehead atoms. The van der Waals surface area contributed by atoms with Gasteiger partial charge in [0.25, 0.3) is 10.0 Å². The van der Waals surface area contributed by atoms with Crippen LogP contribution in [0.4, 0.5) is 11.8 Å². The highest BCUT2D eigenvalue weighted by molar-refractivity contribution is 7.92. The quantitative estimate of drug-likeness (QED) is 0.625. The Labute approximate surface area is 181 Å². The molecule has 9 heteroatoms. The molecule has 1 aliphatic heterocycles. The molecule has 2 aromatic carbocycles. The van der Waals surface area contributed by atoms with E-state index >= 15 is 0 Å². The molecule has 162 valence electrons. The number of anilines is 2. The molecule has 4 rings (SSSR count). The van der Waals surface area contributed by atoms with Crippen molar-refractivity contribution in [2.75, 3.05) is 29.3 Å². The number of aromatic nitrogens is 2. The van der Waals surface area contributed by atoms with Crippen molar-refractivity contribution >= 4 is 21.8 Å². The highest BCUT2D eigenvalue weighted by Crippen LogP contribution is 2.28. The molecule has 1 fully saturated rings. The molecule has 0 aliphatic carbocycles. The van der Waals surface area contributed by atoms with E-state index in [9.17, 15) is 8.42 Å². The second-order valence-corrected chi connectivity index (χ2v) is 9.43. The van der Waals surface area contributed by atoms with Gasteiger partial charge in [0, 0.05) is 19.2 Å². The fraction of sp³-hybridized carbons (Fsp3) is 0.273. The topological polar surface area (TPSA) is 93.7 Å². The summed E-state index contributed by atoms with van der Waals surface area (Å²) in [6.07, 6.45) is 0. The van der Waals surface area contributed by atoms with Gasteiger partial charge in [-0.3, -0.25) is 0 Å². The van der Waals surface area contributed by atoms with Gasteiger partial charge < -0.3 is 14.4 Å². The first kappa shape index (κ1) is 21.1. The second kappa shape index (κ2) is 8.52. The van der Waals surface area contributed by atoms with Gasteiger partial charge in [-0.1, -0.05) is 36.4 Å². The number of morpholine rings is 1. The van der Waals surface area contributed by atoms with E-state index in [1.54, 1.807) is 36.4 Å². The van der Waals surface area contributed by atoms with Crippen LogP contribution in [0.15, 0.2) is 71.6 Å². The van der Waals surface area contributed by atoms with E-state index in [-0.39, 0.29) is 22.3 Å². The van der Waals surface area contributed by atoms with Crippen LogP contribution < -0.4 is 14.4 Å². The van der Waals surface area contributed by atoms with Gasteiger partial charge in [-0.25, -0.2) is 13.1 Å². The molecule has 8 nitrogen and oxygen atoms in total. The van der Waals surface area contributed by atoms with Crippen LogP contribution in [0.5, 0.6) is 11.6 Å². The summed E-state index contributed by atoms with van der Waals surface area (Å²) in [6.45, 7) is 5.76. The van der Waals surface area contributed by atoms with Gasteiger partial charge in [-0.05, 0) is 38.1 Å². The van der Waals surface area contributed by atoms with Crippen molar-refractivity contribution in [2.45, 2.75) is 24.3 Å². The molecule has 0 amide bonds. The van der Waals surface area contributed by atoms with Gasteiger partial charge >= 0.3 is 0 Å². The van der Waals surface area contributed by atoms with Gasteiger partial charge in [0.2, 0.25) is 11.8 Å². The number of nitrogens with zero attached hydrogens (tertiary/aromatic N) is 3. The zero-order valence-corrected chi connectivity index (χ0v) is 18.2. The Hall–Kier alpha value is -3.17. The SMILES string of the molecule is CC1(C)CN(c2cc(Oc3ccccc3)nc(NS(=O)(=O)c3ccccc3)n2)CCO1. The van der Waals surface area contributed by atoms with E-state index in [0.717, 1.165) is 0 Å². The van der Waals surface area contributed by atoms with Gasteiger partial charge in [0.1, 0.15) is 11.6 Å². The van der Waals surface area contributed by atoms with E-state index in [1.165, 1.54) is 12.1 Å². The Morgan fingerprint density at radius 1 is 1.03 bits per heavy atom. The highest BCUT2D eigenvalue weighted by atomic mass is 32.2. The van der Waals surface area contributed by atoms with Gasteiger partial charge in [-0.15, -0.1) is 0 Å². The third-order valence-electron chi connectivity index (χ3n) is 4.68. The fourth-order valence-corrected chi connectivity index (χ4v) is 4.24. The summed E-state index contributed by atoms with van der Waals surface area (Å²) >= 11 is 0. The third-order valence-corrected chi connectivity index (χ3v) is 6.03. The number of ether oxygens (including phenoxy) is 2. The van der Waals surface area contributed by atoms with E-state index in [2.05, 4.69) is 14.7 Å². The Morgan fingerprint density at radius 3 is 2.39 bits per heavy atom. The molecule has 1 aromatic heterocycles. The predicted molar refractivity (Wildman–Crippen MR) is 118 cm³/mol. The van der Waals surface area contributed by atoms with E-state index < -0.39 is 10.0 Å². The lowest BCUT2D eigenvalue weighted by molar-refractivity contribution is -0.0279.